The van der Waals surface area contributed by atoms with Gasteiger partial charge in [0.25, 0.3) is 0 Å². The summed E-state index contributed by atoms with van der Waals surface area (Å²) in [5, 5.41) is 86.5. The van der Waals surface area contributed by atoms with E-state index in [2.05, 4.69) is 54.5 Å². The molecule has 2 saturated heterocycles. The van der Waals surface area contributed by atoms with E-state index in [1.54, 1.807) is 6.92 Å². The first kappa shape index (κ1) is 43.3. The van der Waals surface area contributed by atoms with Crippen molar-refractivity contribution in [3.63, 3.8) is 0 Å². The van der Waals surface area contributed by atoms with Gasteiger partial charge >= 0.3 is 0 Å². The van der Waals surface area contributed by atoms with E-state index in [-0.39, 0.29) is 58.2 Å². The molecule has 0 unspecified atom stereocenters. The van der Waals surface area contributed by atoms with E-state index in [4.69, 9.17) is 23.7 Å². The van der Waals surface area contributed by atoms with Crippen LogP contribution in [0.1, 0.15) is 107 Å². The van der Waals surface area contributed by atoms with E-state index in [1.807, 2.05) is 7.11 Å². The molecule has 5 aliphatic carbocycles. The number of ether oxygens (including phenoxy) is 5. The number of rotatable bonds is 7. The molecule has 13 heteroatoms. The molecule has 7 rings (SSSR count). The predicted molar refractivity (Wildman–Crippen MR) is 204 cm³/mol. The number of hydrogen-bond acceptors (Lipinski definition) is 13. The van der Waals surface area contributed by atoms with Crippen LogP contribution >= 0.6 is 0 Å². The van der Waals surface area contributed by atoms with E-state index in [0.717, 1.165) is 38.5 Å². The van der Waals surface area contributed by atoms with Gasteiger partial charge in [0.2, 0.25) is 0 Å². The van der Waals surface area contributed by atoms with Crippen molar-refractivity contribution < 1.29 is 64.5 Å². The molecular weight excluding hydrogens is 724 g/mol. The molecule has 56 heavy (non-hydrogen) atoms. The summed E-state index contributed by atoms with van der Waals surface area (Å²) < 4.78 is 31.2. The highest BCUT2D eigenvalue weighted by Crippen LogP contribution is 2.76. The lowest BCUT2D eigenvalue weighted by molar-refractivity contribution is -0.376. The van der Waals surface area contributed by atoms with Crippen LogP contribution in [0.15, 0.2) is 11.6 Å². The highest BCUT2D eigenvalue weighted by Gasteiger charge is 2.72. The zero-order valence-electron chi connectivity index (χ0n) is 35.0. The maximum absolute atomic E-state index is 12.1. The second kappa shape index (κ2) is 14.7. The first-order valence-electron chi connectivity index (χ1n) is 21.2. The molecule has 7 aliphatic rings. The maximum atomic E-state index is 12.1. The van der Waals surface area contributed by atoms with Crippen molar-refractivity contribution >= 4 is 0 Å². The minimum Gasteiger partial charge on any atom is -0.396 e. The summed E-state index contributed by atoms with van der Waals surface area (Å²) in [5.41, 5.74) is -0.189. The molecule has 4 saturated carbocycles. The summed E-state index contributed by atoms with van der Waals surface area (Å²) in [7, 11) is 1.82. The molecule has 2 heterocycles. The lowest BCUT2D eigenvalue weighted by Crippen LogP contribution is -2.70. The molecule has 322 valence electrons. The van der Waals surface area contributed by atoms with Crippen molar-refractivity contribution in [1.82, 2.24) is 0 Å². The van der Waals surface area contributed by atoms with Gasteiger partial charge in [0.15, 0.2) is 12.6 Å². The van der Waals surface area contributed by atoms with Gasteiger partial charge in [-0.1, -0.05) is 60.1 Å². The number of methoxy groups -OCH3 is 1. The van der Waals surface area contributed by atoms with E-state index in [0.29, 0.717) is 12.8 Å². The maximum Gasteiger partial charge on any atom is 0.187 e. The SMILES string of the molecule is CO[C@@H]1C=C2[C@H]3CC(C)(C)CC[C@@]3(CO)[C@H](O)C[C@]2(C)[C@]2(C)CC[C@H]3C(C)(C)[C@@H](O[C@H]4O[C@@H](C)[C@H](O)[C@H](O)[C@H]4O[C@@H]4O[C@H](CO)[C@H](O)[C@H](O)[C@H]4O)CC[C@]3(C)[C@@H]12. The summed E-state index contributed by atoms with van der Waals surface area (Å²) in [6.45, 7) is 17.3. The largest absolute Gasteiger partial charge is 0.396 e. The predicted octanol–water partition coefficient (Wildman–Crippen LogP) is 2.41. The number of allylic oxidation sites excluding steroid dienone is 1. The van der Waals surface area contributed by atoms with E-state index >= 15 is 0 Å². The Morgan fingerprint density at radius 2 is 1.45 bits per heavy atom. The highest BCUT2D eigenvalue weighted by atomic mass is 16.8. The Morgan fingerprint density at radius 1 is 0.750 bits per heavy atom. The third-order valence-corrected chi connectivity index (χ3v) is 17.5. The third kappa shape index (κ3) is 6.26. The average Bonchev–Trinajstić information content (AvgIpc) is 3.13. The second-order valence-corrected chi connectivity index (χ2v) is 21.2. The van der Waals surface area contributed by atoms with Gasteiger partial charge in [-0.3, -0.25) is 0 Å². The van der Waals surface area contributed by atoms with Gasteiger partial charge in [-0.15, -0.1) is 0 Å². The lowest BCUT2D eigenvalue weighted by Gasteiger charge is -2.73. The van der Waals surface area contributed by atoms with Crippen LogP contribution in [-0.2, 0) is 23.7 Å². The van der Waals surface area contributed by atoms with Gasteiger partial charge in [-0.2, -0.15) is 0 Å². The van der Waals surface area contributed by atoms with Crippen LogP contribution in [0.5, 0.6) is 0 Å². The fourth-order valence-corrected chi connectivity index (χ4v) is 14.0. The Hall–Kier alpha value is -0.780. The van der Waals surface area contributed by atoms with Crippen LogP contribution in [0, 0.1) is 50.2 Å². The molecule has 0 aromatic heterocycles. The third-order valence-electron chi connectivity index (χ3n) is 17.5. The Bertz CT molecular complexity index is 1470. The van der Waals surface area contributed by atoms with E-state index in [1.165, 1.54) is 5.57 Å². The van der Waals surface area contributed by atoms with Crippen molar-refractivity contribution in [3.8, 4) is 0 Å². The van der Waals surface area contributed by atoms with Gasteiger partial charge in [0.05, 0.1) is 37.6 Å². The van der Waals surface area contributed by atoms with Gasteiger partial charge in [0, 0.05) is 18.4 Å². The number of aliphatic hydroxyl groups excluding tert-OH is 8. The van der Waals surface area contributed by atoms with E-state index in [9.17, 15) is 40.9 Å². The number of hydrogen-bond donors (Lipinski definition) is 8. The Kier molecular flexibility index (Phi) is 11.4. The lowest BCUT2D eigenvalue weighted by atomic mass is 9.33. The molecule has 6 fully saturated rings. The molecular formula is C43H72O13. The molecule has 0 amide bonds. The minimum absolute atomic E-state index is 0.0244. The Morgan fingerprint density at radius 3 is 2.09 bits per heavy atom. The van der Waals surface area contributed by atoms with Crippen LogP contribution in [-0.4, -0.2) is 141 Å². The van der Waals surface area contributed by atoms with Crippen molar-refractivity contribution in [1.29, 1.82) is 0 Å². The molecule has 13 nitrogen and oxygen atoms in total. The first-order valence-corrected chi connectivity index (χ1v) is 21.2. The fourth-order valence-electron chi connectivity index (χ4n) is 14.0. The summed E-state index contributed by atoms with van der Waals surface area (Å²) in [5.74, 6) is 0.378. The molecule has 0 aromatic rings. The molecule has 8 N–H and O–H groups in total. The fraction of sp³-hybridized carbons (Fsp3) is 0.953. The van der Waals surface area contributed by atoms with Gasteiger partial charge in [-0.25, -0.2) is 0 Å². The zero-order chi connectivity index (χ0) is 41.1. The van der Waals surface area contributed by atoms with Crippen LogP contribution in [0.25, 0.3) is 0 Å². The summed E-state index contributed by atoms with van der Waals surface area (Å²) in [6, 6.07) is 0. The quantitative estimate of drug-likeness (QED) is 0.138. The molecule has 0 spiro atoms. The van der Waals surface area contributed by atoms with Gasteiger partial charge in [-0.05, 0) is 97.2 Å². The smallest absolute Gasteiger partial charge is 0.187 e. The molecule has 20 atom stereocenters. The first-order chi connectivity index (χ1) is 26.1. The second-order valence-electron chi connectivity index (χ2n) is 21.2. The van der Waals surface area contributed by atoms with Crippen LogP contribution < -0.4 is 0 Å². The minimum atomic E-state index is -1.71. The van der Waals surface area contributed by atoms with Crippen LogP contribution in [0.4, 0.5) is 0 Å². The normalized spacial score (nSPS) is 55.2. The Balaban J connectivity index is 1.18. The standard InChI is InChI=1S/C43H72O13/c1-21-29(47)32(50)34(56-36-33(51)31(49)30(48)25(19-44)54-36)37(53-21)55-28-11-12-40(6)26(39(28,4)5)10-13-41(7)35(40)24(52-9)16-22-23-17-38(2,3)14-15-43(23,20-45)27(46)18-42(22,41)8/h16,21,23-37,44-51H,10-15,17-20H2,1-9H3/t21-,23+,24+,25+,26-,27+,28-,29-,30-,31-,32-,33+,34+,35+,36-,37+,40-,41+,42-,43-/m0/s1. The van der Waals surface area contributed by atoms with Crippen LogP contribution in [0.2, 0.25) is 0 Å². The van der Waals surface area contributed by atoms with Crippen molar-refractivity contribution in [3.05, 3.63) is 11.6 Å². The molecule has 0 radical (unpaired) electrons. The summed E-state index contributed by atoms with van der Waals surface area (Å²) in [6.07, 6.45) is -6.04. The molecule has 0 aromatic carbocycles. The van der Waals surface area contributed by atoms with Gasteiger partial charge < -0.3 is 64.5 Å². The van der Waals surface area contributed by atoms with Crippen molar-refractivity contribution in [2.24, 2.45) is 50.2 Å². The number of aliphatic hydroxyl groups is 8. The Labute approximate surface area is 332 Å². The van der Waals surface area contributed by atoms with Crippen LogP contribution in [0.3, 0.4) is 0 Å². The average molecular weight is 797 g/mol. The molecule has 2 aliphatic heterocycles. The topological polar surface area (TPSA) is 208 Å². The monoisotopic (exact) mass is 796 g/mol. The van der Waals surface area contributed by atoms with Crippen molar-refractivity contribution in [2.45, 2.75) is 186 Å². The number of fused-ring (bicyclic) bond motifs is 7. The summed E-state index contributed by atoms with van der Waals surface area (Å²) in [4.78, 5) is 0. The van der Waals surface area contributed by atoms with E-state index < -0.39 is 85.0 Å². The zero-order valence-corrected chi connectivity index (χ0v) is 35.0. The van der Waals surface area contributed by atoms with Crippen molar-refractivity contribution in [2.75, 3.05) is 20.3 Å². The highest BCUT2D eigenvalue weighted by molar-refractivity contribution is 5.37. The van der Waals surface area contributed by atoms with Gasteiger partial charge in [0.1, 0.15) is 42.7 Å². The molecule has 0 bridgehead atoms. The summed E-state index contributed by atoms with van der Waals surface area (Å²) >= 11 is 0.